The van der Waals surface area contributed by atoms with Crippen molar-refractivity contribution in [1.29, 1.82) is 0 Å². The second kappa shape index (κ2) is 7.61. The standard InChI is InChI=1S/C19H24N4O2/c1-15-6-3-4-7-16(15)14-22-10-5-11-23(13-12-22)19(25)17-8-9-18(24)21(2)20-17/h3-4,6-9H,5,10-14H2,1-2H3. The summed E-state index contributed by atoms with van der Waals surface area (Å²) in [5, 5.41) is 4.08. The van der Waals surface area contributed by atoms with Crippen LogP contribution in [0.5, 0.6) is 0 Å². The molecule has 1 fully saturated rings. The van der Waals surface area contributed by atoms with Crippen LogP contribution in [-0.4, -0.2) is 51.7 Å². The first-order chi connectivity index (χ1) is 12.0. The fraction of sp³-hybridized carbons (Fsp3) is 0.421. The second-order valence-electron chi connectivity index (χ2n) is 6.53. The van der Waals surface area contributed by atoms with Crippen LogP contribution in [0.1, 0.15) is 28.0 Å². The molecule has 0 unspecified atom stereocenters. The monoisotopic (exact) mass is 340 g/mol. The third-order valence-corrected chi connectivity index (χ3v) is 4.71. The molecule has 0 radical (unpaired) electrons. The predicted octanol–water partition coefficient (Wildman–Crippen LogP) is 1.44. The van der Waals surface area contributed by atoms with Crippen molar-refractivity contribution in [2.75, 3.05) is 26.2 Å². The number of hydrogen-bond donors (Lipinski definition) is 0. The smallest absolute Gasteiger partial charge is 0.274 e. The number of carbonyl (C=O) groups excluding carboxylic acids is 1. The molecule has 0 N–H and O–H groups in total. The van der Waals surface area contributed by atoms with E-state index in [0.29, 0.717) is 18.8 Å². The van der Waals surface area contributed by atoms with Crippen molar-refractivity contribution < 1.29 is 4.79 Å². The lowest BCUT2D eigenvalue weighted by molar-refractivity contribution is 0.0752. The van der Waals surface area contributed by atoms with E-state index >= 15 is 0 Å². The quantitative estimate of drug-likeness (QED) is 0.848. The van der Waals surface area contributed by atoms with Crippen LogP contribution in [0, 0.1) is 6.92 Å². The number of benzene rings is 1. The average molecular weight is 340 g/mol. The lowest BCUT2D eigenvalue weighted by atomic mass is 10.1. The van der Waals surface area contributed by atoms with Gasteiger partial charge < -0.3 is 4.90 Å². The molecule has 6 heteroatoms. The first-order valence-corrected chi connectivity index (χ1v) is 8.65. The van der Waals surface area contributed by atoms with Gasteiger partial charge in [-0.15, -0.1) is 0 Å². The summed E-state index contributed by atoms with van der Waals surface area (Å²) in [4.78, 5) is 28.3. The maximum Gasteiger partial charge on any atom is 0.274 e. The largest absolute Gasteiger partial charge is 0.336 e. The second-order valence-corrected chi connectivity index (χ2v) is 6.53. The Bertz CT molecular complexity index is 815. The van der Waals surface area contributed by atoms with Crippen LogP contribution in [0.4, 0.5) is 0 Å². The van der Waals surface area contributed by atoms with Crippen molar-refractivity contribution in [3.63, 3.8) is 0 Å². The lowest BCUT2D eigenvalue weighted by Gasteiger charge is -2.22. The van der Waals surface area contributed by atoms with Gasteiger partial charge in [-0.2, -0.15) is 5.10 Å². The van der Waals surface area contributed by atoms with E-state index < -0.39 is 0 Å². The Morgan fingerprint density at radius 2 is 1.88 bits per heavy atom. The molecule has 1 aliphatic heterocycles. The van der Waals surface area contributed by atoms with Gasteiger partial charge in [-0.3, -0.25) is 14.5 Å². The third-order valence-electron chi connectivity index (χ3n) is 4.71. The van der Waals surface area contributed by atoms with E-state index in [1.54, 1.807) is 7.05 Å². The number of aryl methyl sites for hydroxylation is 2. The molecule has 0 spiro atoms. The molecule has 1 aromatic carbocycles. The maximum atomic E-state index is 12.7. The summed E-state index contributed by atoms with van der Waals surface area (Å²) in [6.45, 7) is 6.24. The lowest BCUT2D eigenvalue weighted by Crippen LogP contribution is -2.36. The van der Waals surface area contributed by atoms with Crippen molar-refractivity contribution in [1.82, 2.24) is 19.6 Å². The minimum Gasteiger partial charge on any atom is -0.336 e. The number of rotatable bonds is 3. The molecule has 2 aromatic rings. The van der Waals surface area contributed by atoms with Crippen LogP contribution in [0.3, 0.4) is 0 Å². The Labute approximate surface area is 147 Å². The maximum absolute atomic E-state index is 12.7. The molecule has 1 aliphatic rings. The Morgan fingerprint density at radius 1 is 1.08 bits per heavy atom. The molecule has 6 nitrogen and oxygen atoms in total. The van der Waals surface area contributed by atoms with Gasteiger partial charge in [-0.1, -0.05) is 24.3 Å². The Kier molecular flexibility index (Phi) is 5.28. The SMILES string of the molecule is Cc1ccccc1CN1CCCN(C(=O)c2ccc(=O)n(C)n2)CC1. The van der Waals surface area contributed by atoms with Crippen LogP contribution in [0.25, 0.3) is 0 Å². The van der Waals surface area contributed by atoms with Gasteiger partial charge >= 0.3 is 0 Å². The zero-order valence-corrected chi connectivity index (χ0v) is 14.8. The van der Waals surface area contributed by atoms with E-state index in [1.165, 1.54) is 27.9 Å². The Hall–Kier alpha value is -2.47. The highest BCUT2D eigenvalue weighted by molar-refractivity contribution is 5.92. The van der Waals surface area contributed by atoms with Crippen LogP contribution < -0.4 is 5.56 Å². The fourth-order valence-electron chi connectivity index (χ4n) is 3.14. The molecule has 1 aromatic heterocycles. The van der Waals surface area contributed by atoms with Crippen molar-refractivity contribution in [3.05, 3.63) is 63.6 Å². The summed E-state index contributed by atoms with van der Waals surface area (Å²) in [5.41, 5.74) is 2.75. The summed E-state index contributed by atoms with van der Waals surface area (Å²) < 4.78 is 1.20. The van der Waals surface area contributed by atoms with Gasteiger partial charge in [0, 0.05) is 45.8 Å². The van der Waals surface area contributed by atoms with Crippen LogP contribution in [0.2, 0.25) is 0 Å². The number of hydrogen-bond acceptors (Lipinski definition) is 4. The molecule has 0 atom stereocenters. The van der Waals surface area contributed by atoms with Crippen molar-refractivity contribution in [3.8, 4) is 0 Å². The highest BCUT2D eigenvalue weighted by atomic mass is 16.2. The molecule has 2 heterocycles. The van der Waals surface area contributed by atoms with Crippen molar-refractivity contribution >= 4 is 5.91 Å². The zero-order chi connectivity index (χ0) is 17.8. The Morgan fingerprint density at radius 3 is 2.64 bits per heavy atom. The van der Waals surface area contributed by atoms with Gasteiger partial charge in [0.1, 0.15) is 5.69 Å². The van der Waals surface area contributed by atoms with Crippen LogP contribution >= 0.6 is 0 Å². The Balaban J connectivity index is 1.65. The minimum atomic E-state index is -0.211. The first kappa shape index (κ1) is 17.4. The fourth-order valence-corrected chi connectivity index (χ4v) is 3.14. The number of amides is 1. The topological polar surface area (TPSA) is 58.4 Å². The normalized spacial score (nSPS) is 15.8. The highest BCUT2D eigenvalue weighted by Crippen LogP contribution is 2.13. The summed E-state index contributed by atoms with van der Waals surface area (Å²) in [6.07, 6.45) is 0.934. The minimum absolute atomic E-state index is 0.103. The zero-order valence-electron chi connectivity index (χ0n) is 14.8. The van der Waals surface area contributed by atoms with Gasteiger partial charge in [-0.25, -0.2) is 4.68 Å². The van der Waals surface area contributed by atoms with Gasteiger partial charge in [0.25, 0.3) is 11.5 Å². The predicted molar refractivity (Wildman–Crippen MR) is 96.5 cm³/mol. The van der Waals surface area contributed by atoms with E-state index in [1.807, 2.05) is 4.90 Å². The highest BCUT2D eigenvalue weighted by Gasteiger charge is 2.21. The molecule has 1 saturated heterocycles. The molecule has 25 heavy (non-hydrogen) atoms. The molecular weight excluding hydrogens is 316 g/mol. The molecule has 132 valence electrons. The van der Waals surface area contributed by atoms with E-state index in [4.69, 9.17) is 0 Å². The van der Waals surface area contributed by atoms with E-state index in [-0.39, 0.29) is 11.5 Å². The molecule has 1 amide bonds. The molecule has 3 rings (SSSR count). The van der Waals surface area contributed by atoms with Crippen molar-refractivity contribution in [2.45, 2.75) is 19.9 Å². The first-order valence-electron chi connectivity index (χ1n) is 8.65. The average Bonchev–Trinajstić information content (AvgIpc) is 2.84. The van der Waals surface area contributed by atoms with Gasteiger partial charge in [-0.05, 0) is 30.5 Å². The van der Waals surface area contributed by atoms with Gasteiger partial charge in [0.2, 0.25) is 0 Å². The molecule has 0 aliphatic carbocycles. The summed E-state index contributed by atoms with van der Waals surface area (Å²) in [5.74, 6) is -0.103. The molecule has 0 saturated carbocycles. The number of nitrogens with zero attached hydrogens (tertiary/aromatic N) is 4. The van der Waals surface area contributed by atoms with Crippen LogP contribution in [-0.2, 0) is 13.6 Å². The third kappa shape index (κ3) is 4.14. The number of carbonyl (C=O) groups is 1. The van der Waals surface area contributed by atoms with Gasteiger partial charge in [0.05, 0.1) is 0 Å². The van der Waals surface area contributed by atoms with Crippen LogP contribution in [0.15, 0.2) is 41.2 Å². The van der Waals surface area contributed by atoms with E-state index in [2.05, 4.69) is 41.2 Å². The summed E-state index contributed by atoms with van der Waals surface area (Å²) >= 11 is 0. The van der Waals surface area contributed by atoms with Crippen molar-refractivity contribution in [2.24, 2.45) is 7.05 Å². The number of aromatic nitrogens is 2. The van der Waals surface area contributed by atoms with E-state index in [0.717, 1.165) is 26.1 Å². The summed E-state index contributed by atoms with van der Waals surface area (Å²) in [7, 11) is 1.56. The van der Waals surface area contributed by atoms with Gasteiger partial charge in [0.15, 0.2) is 0 Å². The van der Waals surface area contributed by atoms with E-state index in [9.17, 15) is 9.59 Å². The molecule has 0 bridgehead atoms. The summed E-state index contributed by atoms with van der Waals surface area (Å²) in [6, 6.07) is 11.3. The molecular formula is C19H24N4O2.